The van der Waals surface area contributed by atoms with Crippen molar-refractivity contribution in [3.05, 3.63) is 53.6 Å². The van der Waals surface area contributed by atoms with Crippen molar-refractivity contribution in [1.29, 1.82) is 0 Å². The molecule has 0 aliphatic carbocycles. The lowest BCUT2D eigenvalue weighted by Gasteiger charge is -2.30. The lowest BCUT2D eigenvalue weighted by molar-refractivity contribution is -0.139. The number of carbonyl (C=O) groups excluding carboxylic acids is 3. The number of methoxy groups -OCH3 is 1. The van der Waals surface area contributed by atoms with Crippen LogP contribution in [0.25, 0.3) is 11.1 Å². The van der Waals surface area contributed by atoms with Crippen molar-refractivity contribution < 1.29 is 19.1 Å². The van der Waals surface area contributed by atoms with Gasteiger partial charge < -0.3 is 20.3 Å². The van der Waals surface area contributed by atoms with E-state index in [1.807, 2.05) is 62.4 Å². The van der Waals surface area contributed by atoms with Crippen molar-refractivity contribution >= 4 is 35.2 Å². The standard InChI is InChI=1S/C24H28ClN3O4/c1-15(2)21(27-24(31)32-3)23(30)28-13-5-8-20(28)22(29)26-19-7-4-6-17(14-19)16-9-11-18(25)12-10-16/h4,6-7,9-12,14-15,20-21H,5,8,13H2,1-3H3,(H,26,29)(H,27,31)/t20-,21?/m0/s1. The first kappa shape index (κ1) is 23.6. The Balaban J connectivity index is 1.73. The van der Waals surface area contributed by atoms with Gasteiger partial charge in [-0.1, -0.05) is 49.7 Å². The summed E-state index contributed by atoms with van der Waals surface area (Å²) in [5.74, 6) is -0.676. The molecule has 1 fully saturated rings. The van der Waals surface area contributed by atoms with Gasteiger partial charge in [0.05, 0.1) is 7.11 Å². The summed E-state index contributed by atoms with van der Waals surface area (Å²) in [6.45, 7) is 4.14. The number of rotatable bonds is 6. The predicted molar refractivity (Wildman–Crippen MR) is 124 cm³/mol. The number of amides is 3. The van der Waals surface area contributed by atoms with E-state index in [-0.39, 0.29) is 17.7 Å². The molecule has 2 atom stereocenters. The van der Waals surface area contributed by atoms with Crippen molar-refractivity contribution in [2.24, 2.45) is 5.92 Å². The van der Waals surface area contributed by atoms with Gasteiger partial charge in [-0.15, -0.1) is 0 Å². The summed E-state index contributed by atoms with van der Waals surface area (Å²) in [6.07, 6.45) is 0.617. The van der Waals surface area contributed by atoms with Gasteiger partial charge in [0, 0.05) is 17.3 Å². The molecule has 32 heavy (non-hydrogen) atoms. The quantitative estimate of drug-likeness (QED) is 0.676. The van der Waals surface area contributed by atoms with Crippen LogP contribution < -0.4 is 10.6 Å². The smallest absolute Gasteiger partial charge is 0.407 e. The highest BCUT2D eigenvalue weighted by molar-refractivity contribution is 6.30. The third-order valence-corrected chi connectivity index (χ3v) is 5.79. The van der Waals surface area contributed by atoms with Crippen LogP contribution in [0.15, 0.2) is 48.5 Å². The maximum absolute atomic E-state index is 13.1. The van der Waals surface area contributed by atoms with Crippen LogP contribution >= 0.6 is 11.6 Å². The van der Waals surface area contributed by atoms with Crippen LogP contribution in [0.4, 0.5) is 10.5 Å². The Labute approximate surface area is 193 Å². The Kier molecular flexibility index (Phi) is 7.75. The topological polar surface area (TPSA) is 87.7 Å². The van der Waals surface area contributed by atoms with E-state index in [1.165, 1.54) is 7.11 Å². The van der Waals surface area contributed by atoms with E-state index in [2.05, 4.69) is 15.4 Å². The SMILES string of the molecule is COC(=O)NC(C(=O)N1CCC[C@H]1C(=O)Nc1cccc(-c2ccc(Cl)cc2)c1)C(C)C. The van der Waals surface area contributed by atoms with Crippen molar-refractivity contribution in [3.8, 4) is 11.1 Å². The van der Waals surface area contributed by atoms with Gasteiger partial charge in [-0.05, 0) is 54.2 Å². The van der Waals surface area contributed by atoms with Crippen LogP contribution in [0, 0.1) is 5.92 Å². The van der Waals surface area contributed by atoms with Gasteiger partial charge in [0.2, 0.25) is 11.8 Å². The number of benzene rings is 2. The first-order valence-corrected chi connectivity index (χ1v) is 11.0. The highest BCUT2D eigenvalue weighted by Crippen LogP contribution is 2.26. The Hall–Kier alpha value is -3.06. The molecule has 0 spiro atoms. The summed E-state index contributed by atoms with van der Waals surface area (Å²) < 4.78 is 4.64. The lowest BCUT2D eigenvalue weighted by Crippen LogP contribution is -2.54. The largest absolute Gasteiger partial charge is 0.453 e. The van der Waals surface area contributed by atoms with E-state index in [1.54, 1.807) is 4.90 Å². The number of anilines is 1. The number of nitrogens with zero attached hydrogens (tertiary/aromatic N) is 1. The minimum Gasteiger partial charge on any atom is -0.453 e. The normalized spacial score (nSPS) is 16.5. The van der Waals surface area contributed by atoms with Gasteiger partial charge >= 0.3 is 6.09 Å². The van der Waals surface area contributed by atoms with E-state index >= 15 is 0 Å². The van der Waals surface area contributed by atoms with Crippen LogP contribution in [0.5, 0.6) is 0 Å². The average Bonchev–Trinajstić information content (AvgIpc) is 3.27. The monoisotopic (exact) mass is 457 g/mol. The Bertz CT molecular complexity index is 977. The maximum atomic E-state index is 13.1. The van der Waals surface area contributed by atoms with Crippen molar-refractivity contribution in [3.63, 3.8) is 0 Å². The van der Waals surface area contributed by atoms with Crippen molar-refractivity contribution in [2.75, 3.05) is 19.0 Å². The van der Waals surface area contributed by atoms with Crippen LogP contribution in [-0.4, -0.2) is 48.5 Å². The molecule has 0 radical (unpaired) electrons. The van der Waals surface area contributed by atoms with E-state index in [9.17, 15) is 14.4 Å². The van der Waals surface area contributed by atoms with Crippen molar-refractivity contribution in [2.45, 2.75) is 38.8 Å². The minimum atomic E-state index is -0.760. The molecule has 2 aromatic rings. The van der Waals surface area contributed by atoms with Crippen LogP contribution in [0.1, 0.15) is 26.7 Å². The van der Waals surface area contributed by atoms with Gasteiger partial charge in [-0.25, -0.2) is 4.79 Å². The van der Waals surface area contributed by atoms with Gasteiger partial charge in [0.25, 0.3) is 0 Å². The molecule has 2 N–H and O–H groups in total. The van der Waals surface area contributed by atoms with E-state index in [0.29, 0.717) is 23.7 Å². The average molecular weight is 458 g/mol. The Morgan fingerprint density at radius 2 is 1.81 bits per heavy atom. The highest BCUT2D eigenvalue weighted by Gasteiger charge is 2.38. The number of halogens is 1. The van der Waals surface area contributed by atoms with E-state index in [4.69, 9.17) is 11.6 Å². The summed E-state index contributed by atoms with van der Waals surface area (Å²) in [6, 6.07) is 13.6. The van der Waals surface area contributed by atoms with Gasteiger partial charge in [0.1, 0.15) is 12.1 Å². The number of nitrogens with one attached hydrogen (secondary N) is 2. The maximum Gasteiger partial charge on any atom is 0.407 e. The molecular formula is C24H28ClN3O4. The van der Waals surface area contributed by atoms with E-state index in [0.717, 1.165) is 17.5 Å². The second-order valence-corrected chi connectivity index (χ2v) is 8.56. The first-order chi connectivity index (χ1) is 15.3. The molecule has 170 valence electrons. The number of likely N-dealkylation sites (tertiary alicyclic amines) is 1. The zero-order valence-electron chi connectivity index (χ0n) is 18.4. The highest BCUT2D eigenvalue weighted by atomic mass is 35.5. The molecule has 0 aromatic heterocycles. The lowest BCUT2D eigenvalue weighted by atomic mass is 10.0. The zero-order chi connectivity index (χ0) is 23.3. The molecule has 1 aliphatic rings. The molecule has 0 saturated carbocycles. The fraction of sp³-hybridized carbons (Fsp3) is 0.375. The third-order valence-electron chi connectivity index (χ3n) is 5.54. The van der Waals surface area contributed by atoms with Gasteiger partial charge in [-0.3, -0.25) is 9.59 Å². The summed E-state index contributed by atoms with van der Waals surface area (Å²) in [4.78, 5) is 39.4. The molecule has 0 bridgehead atoms. The molecule has 1 heterocycles. The van der Waals surface area contributed by atoms with Gasteiger partial charge in [-0.2, -0.15) is 0 Å². The second-order valence-electron chi connectivity index (χ2n) is 8.12. The number of hydrogen-bond acceptors (Lipinski definition) is 4. The summed E-state index contributed by atoms with van der Waals surface area (Å²) in [5, 5.41) is 6.19. The number of ether oxygens (including phenoxy) is 1. The van der Waals surface area contributed by atoms with Crippen molar-refractivity contribution in [1.82, 2.24) is 10.2 Å². The minimum absolute atomic E-state index is 0.151. The molecule has 7 nitrogen and oxygen atoms in total. The molecule has 2 aromatic carbocycles. The zero-order valence-corrected chi connectivity index (χ0v) is 19.2. The molecule has 1 unspecified atom stereocenters. The van der Waals surface area contributed by atoms with Crippen LogP contribution in [0.2, 0.25) is 5.02 Å². The fourth-order valence-corrected chi connectivity index (χ4v) is 3.95. The number of alkyl carbamates (subject to hydrolysis) is 1. The number of hydrogen-bond donors (Lipinski definition) is 2. The first-order valence-electron chi connectivity index (χ1n) is 10.6. The molecule has 3 rings (SSSR count). The molecule has 1 saturated heterocycles. The molecule has 3 amide bonds. The molecular weight excluding hydrogens is 430 g/mol. The Morgan fingerprint density at radius 1 is 1.09 bits per heavy atom. The van der Waals surface area contributed by atoms with Crippen LogP contribution in [0.3, 0.4) is 0 Å². The fourth-order valence-electron chi connectivity index (χ4n) is 3.83. The number of carbonyl (C=O) groups is 3. The summed E-state index contributed by atoms with van der Waals surface area (Å²) in [5.41, 5.74) is 2.58. The Morgan fingerprint density at radius 3 is 2.47 bits per heavy atom. The summed E-state index contributed by atoms with van der Waals surface area (Å²) >= 11 is 5.97. The summed E-state index contributed by atoms with van der Waals surface area (Å²) in [7, 11) is 1.25. The second kappa shape index (κ2) is 10.5. The molecule has 1 aliphatic heterocycles. The van der Waals surface area contributed by atoms with E-state index < -0.39 is 18.2 Å². The van der Waals surface area contributed by atoms with Crippen LogP contribution in [-0.2, 0) is 14.3 Å². The predicted octanol–water partition coefficient (Wildman–Crippen LogP) is 4.32. The third kappa shape index (κ3) is 5.59. The molecule has 8 heteroatoms. The van der Waals surface area contributed by atoms with Gasteiger partial charge in [0.15, 0.2) is 0 Å².